The molecule has 0 heterocycles. The number of hydrogen-bond acceptors (Lipinski definition) is 5. The molecule has 0 bridgehead atoms. The molecule has 0 saturated carbocycles. The minimum absolute atomic E-state index is 0.0353. The number of carbonyl (C=O) groups is 1. The summed E-state index contributed by atoms with van der Waals surface area (Å²) in [6, 6.07) is 19.9. The molecule has 5 heteroatoms. The molecule has 0 spiro atoms. The zero-order valence-corrected chi connectivity index (χ0v) is 17.0. The maximum absolute atomic E-state index is 12.7. The van der Waals surface area contributed by atoms with Crippen molar-refractivity contribution < 1.29 is 24.1 Å². The summed E-state index contributed by atoms with van der Waals surface area (Å²) in [5.74, 6) is 1.42. The molecule has 0 aliphatic rings. The van der Waals surface area contributed by atoms with E-state index in [2.05, 4.69) is 0 Å². The molecule has 3 aromatic carbocycles. The number of allylic oxidation sites excluding steroid dienone is 1. The standard InChI is InChI=1S/C25H24O5/c1-3-29-25-16-21(30-17-18-7-5-4-6-8-18)12-13-22(25)23(26)14-10-19-9-11-20(28-2)15-24(19)27/h4-16,27H,3,17H2,1-2H3. The number of methoxy groups -OCH3 is 1. The Bertz CT molecular complexity index is 1020. The Morgan fingerprint density at radius 3 is 2.43 bits per heavy atom. The Morgan fingerprint density at radius 1 is 0.967 bits per heavy atom. The molecule has 0 fully saturated rings. The predicted octanol–water partition coefficient (Wildman–Crippen LogP) is 5.27. The summed E-state index contributed by atoms with van der Waals surface area (Å²) >= 11 is 0. The molecule has 154 valence electrons. The van der Waals surface area contributed by atoms with Crippen molar-refractivity contribution in [3.63, 3.8) is 0 Å². The van der Waals surface area contributed by atoms with Crippen molar-refractivity contribution in [2.24, 2.45) is 0 Å². The number of ketones is 1. The molecule has 0 aromatic heterocycles. The molecule has 5 nitrogen and oxygen atoms in total. The molecule has 0 aliphatic carbocycles. The van der Waals surface area contributed by atoms with Crippen LogP contribution in [0.15, 0.2) is 72.8 Å². The maximum atomic E-state index is 12.7. The van der Waals surface area contributed by atoms with Crippen molar-refractivity contribution in [2.75, 3.05) is 13.7 Å². The van der Waals surface area contributed by atoms with Crippen LogP contribution in [0.4, 0.5) is 0 Å². The highest BCUT2D eigenvalue weighted by Gasteiger charge is 2.12. The van der Waals surface area contributed by atoms with Crippen LogP contribution in [0.5, 0.6) is 23.0 Å². The minimum atomic E-state index is -0.233. The summed E-state index contributed by atoms with van der Waals surface area (Å²) in [7, 11) is 1.52. The van der Waals surface area contributed by atoms with E-state index in [0.717, 1.165) is 5.56 Å². The summed E-state index contributed by atoms with van der Waals surface area (Å²) in [6.07, 6.45) is 2.97. The molecule has 3 aromatic rings. The van der Waals surface area contributed by atoms with Crippen molar-refractivity contribution in [1.82, 2.24) is 0 Å². The molecule has 0 atom stereocenters. The third-order valence-corrected chi connectivity index (χ3v) is 4.42. The van der Waals surface area contributed by atoms with Crippen molar-refractivity contribution in [2.45, 2.75) is 13.5 Å². The highest BCUT2D eigenvalue weighted by Crippen LogP contribution is 2.28. The number of aromatic hydroxyl groups is 1. The molecule has 0 unspecified atom stereocenters. The fraction of sp³-hybridized carbons (Fsp3) is 0.160. The van der Waals surface area contributed by atoms with Gasteiger partial charge in [-0.25, -0.2) is 0 Å². The van der Waals surface area contributed by atoms with E-state index in [4.69, 9.17) is 14.2 Å². The number of rotatable bonds is 9. The summed E-state index contributed by atoms with van der Waals surface area (Å²) in [6.45, 7) is 2.71. The second kappa shape index (κ2) is 10.2. The van der Waals surface area contributed by atoms with Gasteiger partial charge in [0.2, 0.25) is 0 Å². The van der Waals surface area contributed by atoms with E-state index in [1.54, 1.807) is 36.4 Å². The van der Waals surface area contributed by atoms with E-state index >= 15 is 0 Å². The smallest absolute Gasteiger partial charge is 0.189 e. The molecule has 0 radical (unpaired) electrons. The monoisotopic (exact) mass is 404 g/mol. The lowest BCUT2D eigenvalue weighted by atomic mass is 10.1. The summed E-state index contributed by atoms with van der Waals surface area (Å²) in [5.41, 5.74) is 2.00. The Balaban J connectivity index is 1.76. The molecule has 3 rings (SSSR count). The van der Waals surface area contributed by atoms with Gasteiger partial charge in [0.1, 0.15) is 29.6 Å². The van der Waals surface area contributed by atoms with Crippen molar-refractivity contribution >= 4 is 11.9 Å². The quantitative estimate of drug-likeness (QED) is 0.389. The van der Waals surface area contributed by atoms with Gasteiger partial charge in [-0.15, -0.1) is 0 Å². The average Bonchev–Trinajstić information content (AvgIpc) is 2.77. The van der Waals surface area contributed by atoms with Crippen LogP contribution < -0.4 is 14.2 Å². The second-order valence-corrected chi connectivity index (χ2v) is 6.49. The van der Waals surface area contributed by atoms with Gasteiger partial charge in [-0.05, 0) is 48.9 Å². The molecular formula is C25H24O5. The van der Waals surface area contributed by atoms with Crippen LogP contribution in [0.2, 0.25) is 0 Å². The molecule has 1 N–H and O–H groups in total. The van der Waals surface area contributed by atoms with Crippen molar-refractivity contribution in [1.29, 1.82) is 0 Å². The van der Waals surface area contributed by atoms with Gasteiger partial charge >= 0.3 is 0 Å². The minimum Gasteiger partial charge on any atom is -0.507 e. The summed E-state index contributed by atoms with van der Waals surface area (Å²) < 4.78 is 16.6. The van der Waals surface area contributed by atoms with Crippen LogP contribution in [0.25, 0.3) is 6.08 Å². The van der Waals surface area contributed by atoms with Crippen LogP contribution in [0.3, 0.4) is 0 Å². The van der Waals surface area contributed by atoms with Crippen molar-refractivity contribution in [3.05, 3.63) is 89.5 Å². The highest BCUT2D eigenvalue weighted by atomic mass is 16.5. The van der Waals surface area contributed by atoms with E-state index in [1.807, 2.05) is 37.3 Å². The van der Waals surface area contributed by atoms with E-state index < -0.39 is 0 Å². The molecule has 30 heavy (non-hydrogen) atoms. The van der Waals surface area contributed by atoms with Gasteiger partial charge in [0.05, 0.1) is 19.3 Å². The Morgan fingerprint density at radius 2 is 1.73 bits per heavy atom. The van der Waals surface area contributed by atoms with Crippen LogP contribution in [0, 0.1) is 0 Å². The maximum Gasteiger partial charge on any atom is 0.189 e. The van der Waals surface area contributed by atoms with Crippen LogP contribution in [-0.2, 0) is 6.61 Å². The second-order valence-electron chi connectivity index (χ2n) is 6.49. The lowest BCUT2D eigenvalue weighted by Gasteiger charge is -2.12. The summed E-state index contributed by atoms with van der Waals surface area (Å²) in [5, 5.41) is 10.1. The third-order valence-electron chi connectivity index (χ3n) is 4.42. The van der Waals surface area contributed by atoms with E-state index in [0.29, 0.717) is 41.6 Å². The lowest BCUT2D eigenvalue weighted by molar-refractivity contribution is 0.104. The molecule has 0 aliphatic heterocycles. The number of phenolic OH excluding ortho intramolecular Hbond substituents is 1. The Labute approximate surface area is 176 Å². The normalized spacial score (nSPS) is 10.7. The fourth-order valence-corrected chi connectivity index (χ4v) is 2.86. The molecular weight excluding hydrogens is 380 g/mol. The first-order valence-corrected chi connectivity index (χ1v) is 9.63. The van der Waals surface area contributed by atoms with Crippen LogP contribution >= 0.6 is 0 Å². The number of phenols is 1. The van der Waals surface area contributed by atoms with E-state index in [-0.39, 0.29) is 11.5 Å². The first-order valence-electron chi connectivity index (χ1n) is 9.63. The fourth-order valence-electron chi connectivity index (χ4n) is 2.86. The lowest BCUT2D eigenvalue weighted by Crippen LogP contribution is -2.03. The van der Waals surface area contributed by atoms with Gasteiger partial charge in [-0.1, -0.05) is 30.3 Å². The van der Waals surface area contributed by atoms with Gasteiger partial charge in [0.15, 0.2) is 5.78 Å². The largest absolute Gasteiger partial charge is 0.507 e. The average molecular weight is 404 g/mol. The Kier molecular flexibility index (Phi) is 7.11. The number of carbonyl (C=O) groups excluding carboxylic acids is 1. The number of hydrogen-bond donors (Lipinski definition) is 1. The van der Waals surface area contributed by atoms with Gasteiger partial charge in [0, 0.05) is 17.7 Å². The Hall–Kier alpha value is -3.73. The highest BCUT2D eigenvalue weighted by molar-refractivity contribution is 6.08. The first-order chi connectivity index (χ1) is 14.6. The van der Waals surface area contributed by atoms with E-state index in [1.165, 1.54) is 19.3 Å². The van der Waals surface area contributed by atoms with Gasteiger partial charge in [0.25, 0.3) is 0 Å². The van der Waals surface area contributed by atoms with Crippen LogP contribution in [-0.4, -0.2) is 24.6 Å². The number of ether oxygens (including phenoxy) is 3. The topological polar surface area (TPSA) is 65.0 Å². The van der Waals surface area contributed by atoms with Crippen molar-refractivity contribution in [3.8, 4) is 23.0 Å². The zero-order valence-electron chi connectivity index (χ0n) is 17.0. The predicted molar refractivity (Wildman–Crippen MR) is 116 cm³/mol. The first kappa shape index (κ1) is 21.0. The number of benzene rings is 3. The van der Waals surface area contributed by atoms with Gasteiger partial charge < -0.3 is 19.3 Å². The SMILES string of the molecule is CCOc1cc(OCc2ccccc2)ccc1C(=O)C=Cc1ccc(OC)cc1O. The van der Waals surface area contributed by atoms with Crippen LogP contribution in [0.1, 0.15) is 28.4 Å². The zero-order chi connectivity index (χ0) is 21.3. The summed E-state index contributed by atoms with van der Waals surface area (Å²) in [4.78, 5) is 12.7. The van der Waals surface area contributed by atoms with E-state index in [9.17, 15) is 9.90 Å². The molecule has 0 saturated heterocycles. The third kappa shape index (κ3) is 5.41. The van der Waals surface area contributed by atoms with Gasteiger partial charge in [-0.2, -0.15) is 0 Å². The van der Waals surface area contributed by atoms with Gasteiger partial charge in [-0.3, -0.25) is 4.79 Å². The molecule has 0 amide bonds.